The van der Waals surface area contributed by atoms with Crippen molar-refractivity contribution in [3.8, 4) is 0 Å². The molecule has 0 amide bonds. The summed E-state index contributed by atoms with van der Waals surface area (Å²) in [6, 6.07) is 0. The van der Waals surface area contributed by atoms with E-state index in [2.05, 4.69) is 6.58 Å². The summed E-state index contributed by atoms with van der Waals surface area (Å²) in [5, 5.41) is -1.20. The summed E-state index contributed by atoms with van der Waals surface area (Å²) < 4.78 is 4.71. The Hall–Kier alpha value is -0.830. The molecule has 0 radical (unpaired) electrons. The number of ketones is 1. The fraction of sp³-hybridized carbons (Fsp3) is 0.500. The molecule has 0 aliphatic carbocycles. The van der Waals surface area contributed by atoms with Crippen LogP contribution in [0, 0.1) is 0 Å². The molecular formula is C8H11ClO3. The fourth-order valence-electron chi connectivity index (χ4n) is 0.457. The van der Waals surface area contributed by atoms with Crippen molar-refractivity contribution in [2.24, 2.45) is 0 Å². The maximum Gasteiger partial charge on any atom is 0.332 e. The van der Waals surface area contributed by atoms with E-state index in [-0.39, 0.29) is 0 Å². The van der Waals surface area contributed by atoms with Gasteiger partial charge >= 0.3 is 5.97 Å². The Morgan fingerprint density at radius 3 is 2.42 bits per heavy atom. The zero-order chi connectivity index (χ0) is 9.72. The second-order valence-electron chi connectivity index (χ2n) is 2.35. The Balaban J connectivity index is 4.04. The van der Waals surface area contributed by atoms with Crippen molar-refractivity contribution in [2.75, 3.05) is 0 Å². The third-order valence-electron chi connectivity index (χ3n) is 1.20. The number of ether oxygens (including phenoxy) is 1. The first-order valence-electron chi connectivity index (χ1n) is 3.46. The van der Waals surface area contributed by atoms with Crippen molar-refractivity contribution in [1.82, 2.24) is 0 Å². The molecular weight excluding hydrogens is 180 g/mol. The van der Waals surface area contributed by atoms with Gasteiger partial charge in [-0.1, -0.05) is 12.7 Å². The number of halogens is 1. The third-order valence-corrected chi connectivity index (χ3v) is 1.68. The largest absolute Gasteiger partial charge is 0.457 e. The lowest BCUT2D eigenvalue weighted by molar-refractivity contribution is -0.147. The van der Waals surface area contributed by atoms with Crippen LogP contribution in [0.25, 0.3) is 0 Å². The highest BCUT2D eigenvalue weighted by atomic mass is 35.5. The molecule has 1 unspecified atom stereocenters. The number of rotatable bonds is 4. The van der Waals surface area contributed by atoms with E-state index in [0.29, 0.717) is 0 Å². The van der Waals surface area contributed by atoms with Crippen molar-refractivity contribution in [1.29, 1.82) is 0 Å². The highest BCUT2D eigenvalue weighted by Crippen LogP contribution is 2.03. The summed E-state index contributed by atoms with van der Waals surface area (Å²) in [6.07, 6.45) is 1.03. The molecule has 2 atom stereocenters. The minimum atomic E-state index is -1.20. The quantitative estimate of drug-likeness (QED) is 0.291. The number of carbonyl (C=O) groups is 2. The van der Waals surface area contributed by atoms with Crippen LogP contribution in [0.1, 0.15) is 13.8 Å². The normalized spacial score (nSPS) is 14.6. The highest BCUT2D eigenvalue weighted by Gasteiger charge is 2.22. The van der Waals surface area contributed by atoms with Crippen LogP contribution in [0.2, 0.25) is 0 Å². The molecule has 0 aliphatic heterocycles. The van der Waals surface area contributed by atoms with Crippen LogP contribution in [-0.2, 0) is 14.3 Å². The van der Waals surface area contributed by atoms with Gasteiger partial charge in [-0.05, 0) is 13.8 Å². The highest BCUT2D eigenvalue weighted by molar-refractivity contribution is 6.40. The summed E-state index contributed by atoms with van der Waals surface area (Å²) in [5.41, 5.74) is 0. The average molecular weight is 191 g/mol. The molecule has 0 spiro atoms. The standard InChI is InChI=1S/C8H11ClO3/c1-4-5(2)12-8(11)7(9)6(3)10/h4-5,7H,1H2,2-3H3/t5-,7?/m0/s1. The zero-order valence-electron chi connectivity index (χ0n) is 7.04. The van der Waals surface area contributed by atoms with Crippen LogP contribution in [-0.4, -0.2) is 23.2 Å². The molecule has 0 aromatic heterocycles. The van der Waals surface area contributed by atoms with E-state index in [1.165, 1.54) is 13.0 Å². The molecule has 0 N–H and O–H groups in total. The van der Waals surface area contributed by atoms with Crippen LogP contribution in [0.15, 0.2) is 12.7 Å². The van der Waals surface area contributed by atoms with Gasteiger partial charge in [0.25, 0.3) is 0 Å². The van der Waals surface area contributed by atoms with E-state index in [9.17, 15) is 9.59 Å². The maximum absolute atomic E-state index is 10.9. The number of hydrogen-bond donors (Lipinski definition) is 0. The summed E-state index contributed by atoms with van der Waals surface area (Å²) in [6.45, 7) is 6.28. The molecule has 4 heteroatoms. The molecule has 68 valence electrons. The molecule has 0 aromatic carbocycles. The van der Waals surface area contributed by atoms with Crippen LogP contribution >= 0.6 is 11.6 Å². The summed E-state index contributed by atoms with van der Waals surface area (Å²) in [5.74, 6) is -1.14. The topological polar surface area (TPSA) is 43.4 Å². The second-order valence-corrected chi connectivity index (χ2v) is 2.79. The van der Waals surface area contributed by atoms with Gasteiger partial charge in [0.05, 0.1) is 0 Å². The van der Waals surface area contributed by atoms with Gasteiger partial charge in [-0.25, -0.2) is 4.79 Å². The van der Waals surface area contributed by atoms with Gasteiger partial charge in [0.2, 0.25) is 0 Å². The van der Waals surface area contributed by atoms with Crippen LogP contribution in [0.3, 0.4) is 0 Å². The zero-order valence-corrected chi connectivity index (χ0v) is 7.80. The monoisotopic (exact) mass is 190 g/mol. The number of esters is 1. The first-order chi connectivity index (χ1) is 5.49. The predicted molar refractivity (Wildman–Crippen MR) is 46.1 cm³/mol. The van der Waals surface area contributed by atoms with Gasteiger partial charge < -0.3 is 4.74 Å². The SMILES string of the molecule is C=C[C@H](C)OC(=O)C(Cl)C(C)=O. The van der Waals surface area contributed by atoms with Crippen molar-refractivity contribution in [3.05, 3.63) is 12.7 Å². The minimum absolute atomic E-state index is 0.418. The van der Waals surface area contributed by atoms with Gasteiger partial charge in [-0.3, -0.25) is 4.79 Å². The van der Waals surface area contributed by atoms with E-state index < -0.39 is 23.2 Å². The molecule has 0 saturated carbocycles. The van der Waals surface area contributed by atoms with Crippen molar-refractivity contribution in [3.63, 3.8) is 0 Å². The molecule has 3 nitrogen and oxygen atoms in total. The molecule has 0 aromatic rings. The predicted octanol–water partition coefficient (Wildman–Crippen LogP) is 1.30. The fourth-order valence-corrected chi connectivity index (χ4v) is 0.508. The lowest BCUT2D eigenvalue weighted by atomic mass is 10.3. The van der Waals surface area contributed by atoms with Crippen LogP contribution < -0.4 is 0 Å². The summed E-state index contributed by atoms with van der Waals surface area (Å²) in [7, 11) is 0. The first kappa shape index (κ1) is 11.2. The Labute approximate surface area is 76.3 Å². The molecule has 0 aliphatic rings. The lowest BCUT2D eigenvalue weighted by Crippen LogP contribution is -2.27. The smallest absolute Gasteiger partial charge is 0.332 e. The maximum atomic E-state index is 10.9. The Kier molecular flexibility index (Phi) is 4.59. The minimum Gasteiger partial charge on any atom is -0.457 e. The molecule has 0 heterocycles. The number of carbonyl (C=O) groups excluding carboxylic acids is 2. The number of alkyl halides is 1. The Morgan fingerprint density at radius 2 is 2.08 bits per heavy atom. The van der Waals surface area contributed by atoms with Gasteiger partial charge in [0, 0.05) is 0 Å². The van der Waals surface area contributed by atoms with Crippen molar-refractivity contribution in [2.45, 2.75) is 25.3 Å². The van der Waals surface area contributed by atoms with Gasteiger partial charge in [0.15, 0.2) is 11.2 Å². The van der Waals surface area contributed by atoms with E-state index in [1.807, 2.05) is 0 Å². The van der Waals surface area contributed by atoms with Crippen molar-refractivity contribution < 1.29 is 14.3 Å². The second kappa shape index (κ2) is 4.93. The van der Waals surface area contributed by atoms with Crippen LogP contribution in [0.5, 0.6) is 0 Å². The van der Waals surface area contributed by atoms with Gasteiger partial charge in [0.1, 0.15) is 6.10 Å². The van der Waals surface area contributed by atoms with E-state index >= 15 is 0 Å². The molecule has 0 rings (SSSR count). The average Bonchev–Trinajstić information content (AvgIpc) is 2.02. The van der Waals surface area contributed by atoms with Crippen LogP contribution in [0.4, 0.5) is 0 Å². The van der Waals surface area contributed by atoms with E-state index in [1.54, 1.807) is 6.92 Å². The Morgan fingerprint density at radius 1 is 1.58 bits per heavy atom. The molecule has 0 bridgehead atoms. The van der Waals surface area contributed by atoms with Crippen molar-refractivity contribution >= 4 is 23.4 Å². The molecule has 12 heavy (non-hydrogen) atoms. The third kappa shape index (κ3) is 3.53. The first-order valence-corrected chi connectivity index (χ1v) is 3.90. The summed E-state index contributed by atoms with van der Waals surface area (Å²) in [4.78, 5) is 21.5. The summed E-state index contributed by atoms with van der Waals surface area (Å²) >= 11 is 5.41. The van der Waals surface area contributed by atoms with Gasteiger partial charge in [-0.2, -0.15) is 0 Å². The van der Waals surface area contributed by atoms with E-state index in [4.69, 9.17) is 16.3 Å². The van der Waals surface area contributed by atoms with Gasteiger partial charge in [-0.15, -0.1) is 11.6 Å². The number of Topliss-reactive ketones (excluding diaryl/α,β-unsaturated/α-hetero) is 1. The Bertz CT molecular complexity index is 200. The lowest BCUT2D eigenvalue weighted by Gasteiger charge is -2.10. The molecule has 0 saturated heterocycles. The van der Waals surface area contributed by atoms with E-state index in [0.717, 1.165) is 0 Å². The number of hydrogen-bond acceptors (Lipinski definition) is 3. The molecule has 0 fully saturated rings.